The van der Waals surface area contributed by atoms with E-state index in [9.17, 15) is 9.59 Å². The van der Waals surface area contributed by atoms with Crippen LogP contribution in [0.2, 0.25) is 0 Å². The molecule has 2 amide bonds. The van der Waals surface area contributed by atoms with Crippen LogP contribution in [0.5, 0.6) is 5.75 Å². The van der Waals surface area contributed by atoms with Gasteiger partial charge >= 0.3 is 0 Å². The van der Waals surface area contributed by atoms with Gasteiger partial charge in [-0.2, -0.15) is 0 Å². The van der Waals surface area contributed by atoms with E-state index in [1.54, 1.807) is 31.4 Å². The Labute approximate surface area is 135 Å². The lowest BCUT2D eigenvalue weighted by Gasteiger charge is -2.08. The minimum Gasteiger partial charge on any atom is -0.497 e. The van der Waals surface area contributed by atoms with Crippen molar-refractivity contribution in [1.29, 1.82) is 0 Å². The van der Waals surface area contributed by atoms with Gasteiger partial charge in [-0.3, -0.25) is 9.59 Å². The number of carbonyl (C=O) groups is 2. The first kappa shape index (κ1) is 16.5. The van der Waals surface area contributed by atoms with E-state index in [4.69, 9.17) is 4.74 Å². The molecule has 2 aromatic rings. The van der Waals surface area contributed by atoms with E-state index in [-0.39, 0.29) is 18.2 Å². The summed E-state index contributed by atoms with van der Waals surface area (Å²) in [6.45, 7) is 0.736. The molecule has 5 heteroatoms. The third kappa shape index (κ3) is 5.47. The Kier molecular flexibility index (Phi) is 6.17. The number of carbonyl (C=O) groups excluding carboxylic acids is 2. The summed E-state index contributed by atoms with van der Waals surface area (Å²) in [5.41, 5.74) is 1.55. The third-order valence-corrected chi connectivity index (χ3v) is 3.30. The molecule has 0 atom stereocenters. The van der Waals surface area contributed by atoms with Crippen LogP contribution in [0.1, 0.15) is 22.3 Å². The zero-order valence-corrected chi connectivity index (χ0v) is 13.0. The first-order valence-corrected chi connectivity index (χ1v) is 7.42. The van der Waals surface area contributed by atoms with Crippen molar-refractivity contribution >= 4 is 11.8 Å². The van der Waals surface area contributed by atoms with E-state index >= 15 is 0 Å². The average Bonchev–Trinajstić information content (AvgIpc) is 2.61. The molecule has 0 saturated carbocycles. The summed E-state index contributed by atoms with van der Waals surface area (Å²) in [6, 6.07) is 16.4. The summed E-state index contributed by atoms with van der Waals surface area (Å²) in [5, 5.41) is 5.54. The number of benzene rings is 2. The maximum Gasteiger partial charge on any atom is 0.251 e. The van der Waals surface area contributed by atoms with E-state index in [1.165, 1.54) is 0 Å². The Balaban J connectivity index is 1.70. The van der Waals surface area contributed by atoms with Gasteiger partial charge in [0.25, 0.3) is 5.91 Å². The molecule has 5 nitrogen and oxygen atoms in total. The number of nitrogens with one attached hydrogen (secondary N) is 2. The van der Waals surface area contributed by atoms with Crippen LogP contribution in [0.15, 0.2) is 54.6 Å². The molecule has 0 saturated heterocycles. The van der Waals surface area contributed by atoms with E-state index < -0.39 is 0 Å². The highest BCUT2D eigenvalue weighted by Gasteiger charge is 2.06. The summed E-state index contributed by atoms with van der Waals surface area (Å²) < 4.78 is 5.13. The predicted octanol–water partition coefficient (Wildman–Crippen LogP) is 2.13. The fourth-order valence-electron chi connectivity index (χ4n) is 2.05. The molecule has 2 rings (SSSR count). The van der Waals surface area contributed by atoms with Crippen LogP contribution in [0.4, 0.5) is 0 Å². The monoisotopic (exact) mass is 312 g/mol. The SMILES string of the molecule is COc1cccc(CNC(=O)CCNC(=O)c2ccccc2)c1. The fourth-order valence-corrected chi connectivity index (χ4v) is 2.05. The van der Waals surface area contributed by atoms with Crippen LogP contribution in [0.3, 0.4) is 0 Å². The molecule has 0 spiro atoms. The standard InChI is InChI=1S/C18H20N2O3/c1-23-16-9-5-6-14(12-16)13-20-17(21)10-11-19-18(22)15-7-3-2-4-8-15/h2-9,12H,10-11,13H2,1H3,(H,19,22)(H,20,21). The zero-order valence-electron chi connectivity index (χ0n) is 13.0. The van der Waals surface area contributed by atoms with Crippen LogP contribution in [-0.4, -0.2) is 25.5 Å². The summed E-state index contributed by atoms with van der Waals surface area (Å²) in [6.07, 6.45) is 0.239. The lowest BCUT2D eigenvalue weighted by Crippen LogP contribution is -2.30. The van der Waals surface area contributed by atoms with E-state index in [0.29, 0.717) is 18.7 Å². The predicted molar refractivity (Wildman–Crippen MR) is 88.2 cm³/mol. The third-order valence-electron chi connectivity index (χ3n) is 3.30. The van der Waals surface area contributed by atoms with Crippen molar-refractivity contribution in [3.63, 3.8) is 0 Å². The van der Waals surface area contributed by atoms with Crippen molar-refractivity contribution in [1.82, 2.24) is 10.6 Å². The van der Waals surface area contributed by atoms with Crippen LogP contribution in [-0.2, 0) is 11.3 Å². The quantitative estimate of drug-likeness (QED) is 0.823. The van der Waals surface area contributed by atoms with Crippen molar-refractivity contribution in [3.8, 4) is 5.75 Å². The Morgan fingerprint density at radius 1 is 1.00 bits per heavy atom. The number of amides is 2. The summed E-state index contributed by atoms with van der Waals surface area (Å²) in [7, 11) is 1.60. The minimum absolute atomic E-state index is 0.110. The van der Waals surface area contributed by atoms with E-state index in [0.717, 1.165) is 11.3 Å². The maximum absolute atomic E-state index is 11.8. The largest absolute Gasteiger partial charge is 0.497 e. The number of rotatable bonds is 7. The molecule has 23 heavy (non-hydrogen) atoms. The van der Waals surface area contributed by atoms with Crippen molar-refractivity contribution < 1.29 is 14.3 Å². The van der Waals surface area contributed by atoms with Gasteiger partial charge in [-0.05, 0) is 29.8 Å². The van der Waals surface area contributed by atoms with Crippen molar-refractivity contribution in [2.75, 3.05) is 13.7 Å². The zero-order chi connectivity index (χ0) is 16.5. The van der Waals surface area contributed by atoms with E-state index in [2.05, 4.69) is 10.6 Å². The van der Waals surface area contributed by atoms with Crippen LogP contribution in [0.25, 0.3) is 0 Å². The Morgan fingerprint density at radius 3 is 2.52 bits per heavy atom. The summed E-state index contributed by atoms with van der Waals surface area (Å²) >= 11 is 0. The molecule has 0 aliphatic carbocycles. The Morgan fingerprint density at radius 2 is 1.78 bits per heavy atom. The summed E-state index contributed by atoms with van der Waals surface area (Å²) in [4.78, 5) is 23.6. The Hall–Kier alpha value is -2.82. The highest BCUT2D eigenvalue weighted by molar-refractivity contribution is 5.94. The molecule has 2 aromatic carbocycles. The highest BCUT2D eigenvalue weighted by atomic mass is 16.5. The van der Waals surface area contributed by atoms with Crippen molar-refractivity contribution in [3.05, 3.63) is 65.7 Å². The molecule has 0 bridgehead atoms. The van der Waals surface area contributed by atoms with Crippen LogP contribution in [0, 0.1) is 0 Å². The summed E-state index contributed by atoms with van der Waals surface area (Å²) in [5.74, 6) is 0.472. The van der Waals surface area contributed by atoms with Gasteiger partial charge in [0.1, 0.15) is 5.75 Å². The normalized spacial score (nSPS) is 9.96. The average molecular weight is 312 g/mol. The Bertz CT molecular complexity index is 656. The topological polar surface area (TPSA) is 67.4 Å². The molecule has 0 aliphatic rings. The smallest absolute Gasteiger partial charge is 0.251 e. The maximum atomic E-state index is 11.8. The molecular formula is C18H20N2O3. The molecule has 0 fully saturated rings. The van der Waals surface area contributed by atoms with Gasteiger partial charge < -0.3 is 15.4 Å². The molecule has 0 unspecified atom stereocenters. The lowest BCUT2D eigenvalue weighted by atomic mass is 10.2. The first-order chi connectivity index (χ1) is 11.2. The second kappa shape index (κ2) is 8.58. The lowest BCUT2D eigenvalue weighted by molar-refractivity contribution is -0.121. The van der Waals surface area contributed by atoms with Gasteiger partial charge in [0.15, 0.2) is 0 Å². The molecule has 0 aromatic heterocycles. The van der Waals surface area contributed by atoms with Gasteiger partial charge in [0.05, 0.1) is 7.11 Å². The minimum atomic E-state index is -0.175. The molecule has 0 radical (unpaired) electrons. The fraction of sp³-hybridized carbons (Fsp3) is 0.222. The van der Waals surface area contributed by atoms with Crippen molar-refractivity contribution in [2.45, 2.75) is 13.0 Å². The van der Waals surface area contributed by atoms with E-state index in [1.807, 2.05) is 30.3 Å². The second-order valence-corrected chi connectivity index (χ2v) is 5.00. The van der Waals surface area contributed by atoms with Crippen molar-refractivity contribution in [2.24, 2.45) is 0 Å². The van der Waals surface area contributed by atoms with Gasteiger partial charge in [-0.1, -0.05) is 30.3 Å². The molecule has 0 aliphatic heterocycles. The van der Waals surface area contributed by atoms with Gasteiger partial charge in [0, 0.05) is 25.1 Å². The van der Waals surface area contributed by atoms with Gasteiger partial charge in [-0.25, -0.2) is 0 Å². The number of ether oxygens (including phenoxy) is 1. The van der Waals surface area contributed by atoms with Gasteiger partial charge in [-0.15, -0.1) is 0 Å². The number of hydrogen-bond donors (Lipinski definition) is 2. The van der Waals surface area contributed by atoms with Crippen LogP contribution < -0.4 is 15.4 Å². The molecule has 120 valence electrons. The molecule has 2 N–H and O–H groups in total. The van der Waals surface area contributed by atoms with Crippen LogP contribution >= 0.6 is 0 Å². The molecule has 0 heterocycles. The first-order valence-electron chi connectivity index (χ1n) is 7.42. The van der Waals surface area contributed by atoms with Gasteiger partial charge in [0.2, 0.25) is 5.91 Å². The number of hydrogen-bond acceptors (Lipinski definition) is 3. The number of methoxy groups -OCH3 is 1. The second-order valence-electron chi connectivity index (χ2n) is 5.00. The highest BCUT2D eigenvalue weighted by Crippen LogP contribution is 2.12. The molecular weight excluding hydrogens is 292 g/mol.